The quantitative estimate of drug-likeness (QED) is 0.106. The number of likely N-dealkylation sites (tertiary alicyclic amines) is 1. The molecule has 5 atom stereocenters. The van der Waals surface area contributed by atoms with E-state index in [4.69, 9.17) is 15.7 Å². The summed E-state index contributed by atoms with van der Waals surface area (Å²) >= 11 is 1.58. The first-order valence-corrected chi connectivity index (χ1v) is 23.5. The van der Waals surface area contributed by atoms with Crippen LogP contribution in [0.5, 0.6) is 5.75 Å². The van der Waals surface area contributed by atoms with Crippen LogP contribution in [0.3, 0.4) is 0 Å². The van der Waals surface area contributed by atoms with Gasteiger partial charge in [0.25, 0.3) is 0 Å². The van der Waals surface area contributed by atoms with Crippen molar-refractivity contribution in [1.82, 2.24) is 45.6 Å². The highest BCUT2D eigenvalue weighted by atomic mass is 32.1. The Kier molecular flexibility index (Phi) is 14.0. The summed E-state index contributed by atoms with van der Waals surface area (Å²) in [5, 5.41) is 35.4. The topological polar surface area (TPSA) is 219 Å². The Labute approximate surface area is 394 Å². The van der Waals surface area contributed by atoms with Crippen molar-refractivity contribution < 1.29 is 24.6 Å². The molecule has 6 heterocycles. The highest BCUT2D eigenvalue weighted by Crippen LogP contribution is 2.38. The van der Waals surface area contributed by atoms with E-state index in [2.05, 4.69) is 47.5 Å². The molecule has 2 aromatic carbocycles. The summed E-state index contributed by atoms with van der Waals surface area (Å²) in [5.74, 6) is 6.36. The van der Waals surface area contributed by atoms with E-state index in [1.807, 2.05) is 81.6 Å². The number of aliphatic hydroxyl groups excluding tert-OH is 1. The second-order valence-electron chi connectivity index (χ2n) is 18.7. The molecule has 3 aliphatic heterocycles. The molecule has 5 aromatic rings. The van der Waals surface area contributed by atoms with Crippen LogP contribution < -0.4 is 26.2 Å². The fourth-order valence-electron chi connectivity index (χ4n) is 9.07. The molecule has 3 saturated heterocycles. The summed E-state index contributed by atoms with van der Waals surface area (Å²) in [5.41, 5.74) is 13.0. The number of nitrogens with two attached hydrogens (primary N) is 1. The lowest BCUT2D eigenvalue weighted by molar-refractivity contribution is -0.144. The van der Waals surface area contributed by atoms with Crippen molar-refractivity contribution in [2.75, 3.05) is 55.3 Å². The first kappa shape index (κ1) is 46.8. The third-order valence-electron chi connectivity index (χ3n) is 12.7. The predicted octanol–water partition coefficient (Wildman–Crippen LogP) is 3.99. The van der Waals surface area contributed by atoms with E-state index in [1.165, 1.54) is 4.90 Å². The summed E-state index contributed by atoms with van der Waals surface area (Å²) in [6, 6.07) is 15.4. The Morgan fingerprint density at radius 1 is 1.00 bits per heavy atom. The number of anilines is 3. The second-order valence-corrected chi connectivity index (χ2v) is 19.6. The molecule has 8 rings (SSSR count). The number of aryl methyl sites for hydroxylation is 1. The van der Waals surface area contributed by atoms with Gasteiger partial charge in [0.15, 0.2) is 5.82 Å². The van der Waals surface area contributed by atoms with Gasteiger partial charge in [0.05, 0.1) is 45.7 Å². The van der Waals surface area contributed by atoms with Gasteiger partial charge in [-0.05, 0) is 61.6 Å². The van der Waals surface area contributed by atoms with Crippen LogP contribution >= 0.6 is 11.3 Å². The summed E-state index contributed by atoms with van der Waals surface area (Å²) in [6.07, 6.45) is 4.82. The minimum Gasteiger partial charge on any atom is -0.507 e. The summed E-state index contributed by atoms with van der Waals surface area (Å²) in [4.78, 5) is 63.6. The molecular formula is C49H58N12O5S. The molecule has 3 aliphatic rings. The molecular weight excluding hydrogens is 869 g/mol. The Hall–Kier alpha value is -6.68. The van der Waals surface area contributed by atoms with Gasteiger partial charge in [0.1, 0.15) is 17.8 Å². The first-order valence-electron chi connectivity index (χ1n) is 22.6. The average Bonchev–Trinajstić information content (AvgIpc) is 4.00. The summed E-state index contributed by atoms with van der Waals surface area (Å²) < 4.78 is 0. The van der Waals surface area contributed by atoms with Crippen molar-refractivity contribution in [3.8, 4) is 39.3 Å². The molecule has 0 spiro atoms. The number of aromatic nitrogens is 5. The highest BCUT2D eigenvalue weighted by Gasteiger charge is 2.45. The van der Waals surface area contributed by atoms with Crippen LogP contribution in [0.25, 0.3) is 21.7 Å². The van der Waals surface area contributed by atoms with E-state index >= 15 is 0 Å². The SMILES string of the molecule is Cc1ncsc1-c1ccc(CNC(=O)[C@@H]2C[C@@H](O)CN2C(=O)[C@@H](NC(=O)CCN(C)CC#Cc2cnc(N3C4CCC3CN(c3cc(-c5ccccc5O)nnc3N)C4)nc2)C(C)(C)C)cc1. The minimum atomic E-state index is -0.919. The molecule has 0 radical (unpaired) electrons. The number of phenols is 1. The van der Waals surface area contributed by atoms with Gasteiger partial charge >= 0.3 is 0 Å². The van der Waals surface area contributed by atoms with Gasteiger partial charge in [-0.2, -0.15) is 0 Å². The van der Waals surface area contributed by atoms with E-state index in [0.717, 1.165) is 40.2 Å². The van der Waals surface area contributed by atoms with E-state index in [9.17, 15) is 24.6 Å². The van der Waals surface area contributed by atoms with Gasteiger partial charge in [0, 0.05) is 75.6 Å². The zero-order valence-electron chi connectivity index (χ0n) is 38.5. The number of thiazole rings is 1. The standard InChI is InChI=1S/C49H58N12O5S/c1-30-43(67-29-54-30)33-14-12-31(13-15-33)23-51-46(65)40-21-36(62)28-60(40)47(66)44(49(2,3)4)55-42(64)18-20-58(5)19-8-9-32-24-52-48(53-25-32)61-34-16-17-35(61)27-59(26-34)39-22-38(56-57-45(39)50)37-10-6-7-11-41(37)63/h6-7,10-15,22,24-25,29,34-36,40,44,62-63H,16-21,23,26-28H2,1-5H3,(H2,50,57)(H,51,65)(H,55,64)/t34?,35?,36-,40+,44-/m1/s1. The molecule has 17 nitrogen and oxygen atoms in total. The van der Waals surface area contributed by atoms with E-state index in [0.29, 0.717) is 54.8 Å². The van der Waals surface area contributed by atoms with Crippen molar-refractivity contribution in [1.29, 1.82) is 0 Å². The number of nitrogen functional groups attached to an aromatic ring is 1. The lowest BCUT2D eigenvalue weighted by Crippen LogP contribution is -2.57. The number of carbonyl (C=O) groups is 3. The van der Waals surface area contributed by atoms with Crippen molar-refractivity contribution in [3.63, 3.8) is 0 Å². The third kappa shape index (κ3) is 10.8. The third-order valence-corrected chi connectivity index (χ3v) is 13.7. The van der Waals surface area contributed by atoms with Gasteiger partial charge in [-0.1, -0.05) is 69.0 Å². The van der Waals surface area contributed by atoms with Crippen LogP contribution in [-0.2, 0) is 20.9 Å². The molecule has 3 aromatic heterocycles. The maximum Gasteiger partial charge on any atom is 0.246 e. The molecule has 6 N–H and O–H groups in total. The molecule has 2 unspecified atom stereocenters. The molecule has 3 amide bonds. The number of β-amino-alcohol motifs (C(OH)–C–C–N with tert-alkyl or cyclic N) is 1. The van der Waals surface area contributed by atoms with Crippen LogP contribution in [0.4, 0.5) is 17.5 Å². The Morgan fingerprint density at radius 2 is 1.72 bits per heavy atom. The van der Waals surface area contributed by atoms with Crippen molar-refractivity contribution in [3.05, 3.63) is 89.3 Å². The highest BCUT2D eigenvalue weighted by molar-refractivity contribution is 7.13. The number of aromatic hydroxyl groups is 1. The number of rotatable bonds is 13. The predicted molar refractivity (Wildman–Crippen MR) is 258 cm³/mol. The number of carbonyl (C=O) groups excluding carboxylic acids is 3. The number of para-hydroxylation sites is 1. The lowest BCUT2D eigenvalue weighted by atomic mass is 9.85. The fraction of sp³-hybridized carbons (Fsp3) is 0.429. The number of hydrogen-bond acceptors (Lipinski definition) is 15. The van der Waals surface area contributed by atoms with Crippen LogP contribution in [0.15, 0.2) is 72.5 Å². The number of nitrogens with zero attached hydrogens (tertiary/aromatic N) is 9. The lowest BCUT2D eigenvalue weighted by Gasteiger charge is -2.42. The normalized spacial score (nSPS) is 19.5. The fourth-order valence-corrected chi connectivity index (χ4v) is 9.88. The molecule has 67 heavy (non-hydrogen) atoms. The van der Waals surface area contributed by atoms with Gasteiger partial charge in [-0.15, -0.1) is 21.5 Å². The monoisotopic (exact) mass is 926 g/mol. The Bertz CT molecular complexity index is 2630. The first-order chi connectivity index (χ1) is 32.1. The van der Waals surface area contributed by atoms with Gasteiger partial charge in [0.2, 0.25) is 23.7 Å². The van der Waals surface area contributed by atoms with E-state index < -0.39 is 29.5 Å². The number of hydrogen-bond donors (Lipinski definition) is 5. The molecule has 0 aliphatic carbocycles. The zero-order chi connectivity index (χ0) is 47.4. The number of phenolic OH excluding ortho intramolecular Hbond substituents is 1. The molecule has 0 saturated carbocycles. The number of fused-ring (bicyclic) bond motifs is 2. The van der Waals surface area contributed by atoms with Gasteiger partial charge in [-0.25, -0.2) is 15.0 Å². The zero-order valence-corrected chi connectivity index (χ0v) is 39.3. The van der Waals surface area contributed by atoms with Crippen LogP contribution in [0.1, 0.15) is 63.3 Å². The van der Waals surface area contributed by atoms with Crippen LogP contribution in [0.2, 0.25) is 0 Å². The van der Waals surface area contributed by atoms with Gasteiger partial charge in [-0.3, -0.25) is 19.3 Å². The summed E-state index contributed by atoms with van der Waals surface area (Å²) in [6.45, 7) is 10.0. The average molecular weight is 927 g/mol. The Morgan fingerprint density at radius 3 is 2.39 bits per heavy atom. The van der Waals surface area contributed by atoms with E-state index in [1.54, 1.807) is 41.9 Å². The van der Waals surface area contributed by atoms with Crippen LogP contribution in [-0.4, -0.2) is 133 Å². The maximum absolute atomic E-state index is 14.1. The van der Waals surface area contributed by atoms with Crippen molar-refractivity contribution in [2.24, 2.45) is 5.41 Å². The minimum absolute atomic E-state index is 0.000875. The number of aliphatic hydroxyl groups is 1. The van der Waals surface area contributed by atoms with Crippen LogP contribution in [0, 0.1) is 24.2 Å². The largest absolute Gasteiger partial charge is 0.507 e. The number of benzene rings is 2. The number of piperazine rings is 1. The maximum atomic E-state index is 14.1. The van der Waals surface area contributed by atoms with E-state index in [-0.39, 0.29) is 55.6 Å². The molecule has 350 valence electrons. The second kappa shape index (κ2) is 20.0. The molecule has 3 fully saturated rings. The van der Waals surface area contributed by atoms with Crippen molar-refractivity contribution >= 4 is 46.5 Å². The Balaban J connectivity index is 0.805. The molecule has 18 heteroatoms. The summed E-state index contributed by atoms with van der Waals surface area (Å²) in [7, 11) is 1.87. The molecule has 2 bridgehead atoms. The number of nitrogens with one attached hydrogen (secondary N) is 2. The smallest absolute Gasteiger partial charge is 0.246 e. The van der Waals surface area contributed by atoms with Crippen molar-refractivity contribution in [2.45, 2.75) is 90.2 Å². The van der Waals surface area contributed by atoms with Gasteiger partial charge < -0.3 is 41.3 Å². The number of amides is 3.